The van der Waals surface area contributed by atoms with Crippen LogP contribution in [0.2, 0.25) is 0 Å². The Morgan fingerprint density at radius 1 is 0.958 bits per heavy atom. The molecule has 120 valence electrons. The Balaban J connectivity index is 1.69. The fourth-order valence-corrected chi connectivity index (χ4v) is 2.87. The van der Waals surface area contributed by atoms with Crippen molar-refractivity contribution in [1.82, 2.24) is 0 Å². The highest BCUT2D eigenvalue weighted by Crippen LogP contribution is 2.42. The van der Waals surface area contributed by atoms with Crippen LogP contribution >= 0.6 is 0 Å². The average molecular weight is 324 g/mol. The maximum Gasteiger partial charge on any atom is 0.586 e. The first-order valence-corrected chi connectivity index (χ1v) is 7.64. The zero-order valence-electron chi connectivity index (χ0n) is 12.7. The number of fused-ring (bicyclic) bond motifs is 1. The quantitative estimate of drug-likeness (QED) is 0.733. The number of ether oxygens (including phenoxy) is 2. The van der Waals surface area contributed by atoms with E-state index in [1.165, 1.54) is 6.07 Å². The van der Waals surface area contributed by atoms with Crippen molar-refractivity contribution in [2.24, 2.45) is 0 Å². The van der Waals surface area contributed by atoms with Gasteiger partial charge in [-0.2, -0.15) is 0 Å². The largest absolute Gasteiger partial charge is 0.586 e. The minimum absolute atomic E-state index is 0.0597. The number of hydrogen-bond donors (Lipinski definition) is 0. The Hall–Kier alpha value is -2.88. The predicted octanol–water partition coefficient (Wildman–Crippen LogP) is 5.44. The van der Waals surface area contributed by atoms with Crippen LogP contribution in [0.25, 0.3) is 11.6 Å². The van der Waals surface area contributed by atoms with E-state index < -0.39 is 6.29 Å². The Morgan fingerprint density at radius 3 is 2.58 bits per heavy atom. The van der Waals surface area contributed by atoms with Crippen LogP contribution in [-0.2, 0) is 0 Å². The summed E-state index contributed by atoms with van der Waals surface area (Å²) in [7, 11) is 0. The van der Waals surface area contributed by atoms with E-state index in [0.29, 0.717) is 0 Å². The normalized spacial score (nSPS) is 19.4. The molecule has 0 saturated heterocycles. The van der Waals surface area contributed by atoms with Crippen molar-refractivity contribution in [3.63, 3.8) is 0 Å². The maximum atomic E-state index is 13.1. The Bertz CT molecular complexity index is 864. The summed E-state index contributed by atoms with van der Waals surface area (Å²) in [5.74, 6) is 0.121. The first-order chi connectivity index (χ1) is 11.6. The molecule has 0 unspecified atom stereocenters. The molecule has 24 heavy (non-hydrogen) atoms. The third-order valence-electron chi connectivity index (χ3n) is 3.93. The van der Waals surface area contributed by atoms with Gasteiger partial charge >= 0.3 is 6.29 Å². The molecule has 0 spiro atoms. The summed E-state index contributed by atoms with van der Waals surface area (Å²) in [4.78, 5) is 0. The van der Waals surface area contributed by atoms with Gasteiger partial charge in [0.05, 0.1) is 0 Å². The molecule has 1 aliphatic heterocycles. The third-order valence-corrected chi connectivity index (χ3v) is 3.93. The van der Waals surface area contributed by atoms with Crippen LogP contribution in [0.3, 0.4) is 0 Å². The van der Waals surface area contributed by atoms with Crippen LogP contribution in [0, 0.1) is 0 Å². The van der Waals surface area contributed by atoms with Gasteiger partial charge < -0.3 is 9.47 Å². The van der Waals surface area contributed by atoms with Gasteiger partial charge in [-0.15, -0.1) is 8.78 Å². The van der Waals surface area contributed by atoms with Crippen LogP contribution in [0.5, 0.6) is 11.5 Å². The van der Waals surface area contributed by atoms with Gasteiger partial charge in [-0.05, 0) is 40.8 Å². The number of benzene rings is 2. The first-order valence-electron chi connectivity index (χ1n) is 7.64. The maximum absolute atomic E-state index is 13.1. The molecule has 0 saturated carbocycles. The van der Waals surface area contributed by atoms with Gasteiger partial charge in [0.25, 0.3) is 0 Å². The molecule has 0 bridgehead atoms. The average Bonchev–Trinajstić information content (AvgIpc) is 2.89. The summed E-state index contributed by atoms with van der Waals surface area (Å²) in [5.41, 5.74) is 4.16. The van der Waals surface area contributed by atoms with Gasteiger partial charge in [-0.3, -0.25) is 0 Å². The van der Waals surface area contributed by atoms with E-state index in [1.807, 2.05) is 30.4 Å². The van der Waals surface area contributed by atoms with Crippen LogP contribution in [0.4, 0.5) is 8.78 Å². The molecule has 0 radical (unpaired) electrons. The summed E-state index contributed by atoms with van der Waals surface area (Å²) < 4.78 is 35.2. The molecule has 1 heterocycles. The molecule has 4 heteroatoms. The van der Waals surface area contributed by atoms with Crippen molar-refractivity contribution in [1.29, 1.82) is 0 Å². The minimum atomic E-state index is -3.59. The standard InChI is InChI=1S/C20H14F2O2/c21-20(22)23-18-11-10-14(13-19(18)24-20)12-16-8-4-5-9-17(16)15-6-2-1-3-7-15/h1-7,9-13H,8H2. The van der Waals surface area contributed by atoms with Gasteiger partial charge in [0.1, 0.15) is 0 Å². The number of rotatable bonds is 2. The fraction of sp³-hybridized carbons (Fsp3) is 0.100. The molecule has 2 aromatic carbocycles. The van der Waals surface area contributed by atoms with Crippen molar-refractivity contribution >= 4 is 11.6 Å². The van der Waals surface area contributed by atoms with Gasteiger partial charge in [0.15, 0.2) is 11.5 Å². The minimum Gasteiger partial charge on any atom is -0.395 e. The number of halogens is 2. The van der Waals surface area contributed by atoms with Gasteiger partial charge in [-0.25, -0.2) is 0 Å². The number of allylic oxidation sites excluding steroid dienone is 5. The van der Waals surface area contributed by atoms with Crippen molar-refractivity contribution in [3.8, 4) is 11.5 Å². The lowest BCUT2D eigenvalue weighted by atomic mass is 9.90. The van der Waals surface area contributed by atoms with E-state index in [9.17, 15) is 8.78 Å². The van der Waals surface area contributed by atoms with Gasteiger partial charge in [-0.1, -0.05) is 60.7 Å². The van der Waals surface area contributed by atoms with E-state index in [-0.39, 0.29) is 11.5 Å². The van der Waals surface area contributed by atoms with E-state index >= 15 is 0 Å². The molecule has 4 rings (SSSR count). The van der Waals surface area contributed by atoms with Crippen LogP contribution in [0.1, 0.15) is 17.5 Å². The first kappa shape index (κ1) is 14.7. The molecule has 2 aromatic rings. The molecule has 0 N–H and O–H groups in total. The van der Waals surface area contributed by atoms with Gasteiger partial charge in [0.2, 0.25) is 0 Å². The van der Waals surface area contributed by atoms with Crippen molar-refractivity contribution in [2.75, 3.05) is 0 Å². The van der Waals surface area contributed by atoms with E-state index in [1.54, 1.807) is 12.1 Å². The summed E-state index contributed by atoms with van der Waals surface area (Å²) in [5, 5.41) is 0. The molecular formula is C20H14F2O2. The summed E-state index contributed by atoms with van der Waals surface area (Å²) in [6.45, 7) is 0. The van der Waals surface area contributed by atoms with Crippen molar-refractivity contribution < 1.29 is 18.3 Å². The molecule has 1 aliphatic carbocycles. The second-order valence-electron chi connectivity index (χ2n) is 5.62. The zero-order chi connectivity index (χ0) is 16.6. The SMILES string of the molecule is FC1(F)Oc2ccc(C=C3CC=CC=C3c3ccccc3)cc2O1. The Labute approximate surface area is 138 Å². The molecule has 2 aliphatic rings. The summed E-state index contributed by atoms with van der Waals surface area (Å²) in [6, 6.07) is 14.9. The zero-order valence-corrected chi connectivity index (χ0v) is 12.7. The lowest BCUT2D eigenvalue weighted by Gasteiger charge is -2.14. The second kappa shape index (κ2) is 5.64. The van der Waals surface area contributed by atoms with E-state index in [4.69, 9.17) is 0 Å². The number of hydrogen-bond acceptors (Lipinski definition) is 2. The highest BCUT2D eigenvalue weighted by Gasteiger charge is 2.43. The topological polar surface area (TPSA) is 18.5 Å². The Morgan fingerprint density at radius 2 is 1.75 bits per heavy atom. The van der Waals surface area contributed by atoms with E-state index in [0.717, 1.165) is 28.7 Å². The monoisotopic (exact) mass is 324 g/mol. The molecule has 0 fully saturated rings. The lowest BCUT2D eigenvalue weighted by molar-refractivity contribution is -0.286. The van der Waals surface area contributed by atoms with Gasteiger partial charge in [0, 0.05) is 0 Å². The predicted molar refractivity (Wildman–Crippen MR) is 88.8 cm³/mol. The van der Waals surface area contributed by atoms with Crippen LogP contribution in [-0.4, -0.2) is 6.29 Å². The molecule has 0 aromatic heterocycles. The van der Waals surface area contributed by atoms with Crippen molar-refractivity contribution in [3.05, 3.63) is 83.5 Å². The van der Waals surface area contributed by atoms with Crippen LogP contribution < -0.4 is 9.47 Å². The lowest BCUT2D eigenvalue weighted by Crippen LogP contribution is -2.25. The molecule has 2 nitrogen and oxygen atoms in total. The summed E-state index contributed by atoms with van der Waals surface area (Å²) in [6.07, 6.45) is 5.34. The highest BCUT2D eigenvalue weighted by molar-refractivity contribution is 5.86. The molecular weight excluding hydrogens is 310 g/mol. The highest BCUT2D eigenvalue weighted by atomic mass is 19.3. The Kier molecular flexibility index (Phi) is 3.45. The number of alkyl halides is 2. The fourth-order valence-electron chi connectivity index (χ4n) is 2.87. The smallest absolute Gasteiger partial charge is 0.395 e. The molecule has 0 amide bonds. The van der Waals surface area contributed by atoms with Crippen molar-refractivity contribution in [2.45, 2.75) is 12.7 Å². The third kappa shape index (κ3) is 2.83. The summed E-state index contributed by atoms with van der Waals surface area (Å²) >= 11 is 0. The van der Waals surface area contributed by atoms with E-state index in [2.05, 4.69) is 33.8 Å². The van der Waals surface area contributed by atoms with Crippen LogP contribution in [0.15, 0.2) is 72.3 Å². The second-order valence-corrected chi connectivity index (χ2v) is 5.62. The molecule has 0 atom stereocenters.